The number of likely N-dealkylation sites (tertiary alicyclic amines) is 1. The van der Waals surface area contributed by atoms with Crippen LogP contribution in [0.15, 0.2) is 52.8 Å². The average molecular weight is 518 g/mol. The molecule has 1 fully saturated rings. The van der Waals surface area contributed by atoms with E-state index in [1.54, 1.807) is 0 Å². The maximum atomic E-state index is 12.8. The number of nitrogens with one attached hydrogen (secondary N) is 2. The molecule has 2 amide bonds. The first-order valence-corrected chi connectivity index (χ1v) is 13.5. The summed E-state index contributed by atoms with van der Waals surface area (Å²) in [4.78, 5) is 36.4. The number of hydrogen-bond donors (Lipinski definition) is 2. The smallest absolute Gasteiger partial charge is 0.275 e. The van der Waals surface area contributed by atoms with E-state index in [1.165, 1.54) is 16.9 Å². The molecule has 2 N–H and O–H groups in total. The van der Waals surface area contributed by atoms with Gasteiger partial charge in [0.25, 0.3) is 11.8 Å². The van der Waals surface area contributed by atoms with Crippen LogP contribution in [0.1, 0.15) is 50.9 Å². The second kappa shape index (κ2) is 11.1. The zero-order valence-electron chi connectivity index (χ0n) is 21.1. The number of amides is 2. The predicted molar refractivity (Wildman–Crippen MR) is 146 cm³/mol. The number of carbonyl (C=O) groups is 2. The van der Waals surface area contributed by atoms with E-state index in [4.69, 9.17) is 4.74 Å². The molecule has 0 aliphatic carbocycles. The van der Waals surface area contributed by atoms with Gasteiger partial charge in [0.15, 0.2) is 6.61 Å². The van der Waals surface area contributed by atoms with E-state index in [2.05, 4.69) is 27.5 Å². The SMILES string of the molecule is Cc1ccc(OCC(=O)N2CCC(c3nc(C(=O)Nc4cccc(C5=NCCN5)c4)cs3)CC2)cc1C. The Kier molecular flexibility index (Phi) is 7.50. The van der Waals surface area contributed by atoms with E-state index >= 15 is 0 Å². The number of nitrogens with zero attached hydrogens (tertiary/aromatic N) is 3. The highest BCUT2D eigenvalue weighted by Gasteiger charge is 2.26. The Morgan fingerprint density at radius 1 is 1.14 bits per heavy atom. The quantitative estimate of drug-likeness (QED) is 0.491. The number of amidine groups is 1. The van der Waals surface area contributed by atoms with Crippen molar-refractivity contribution in [2.45, 2.75) is 32.6 Å². The molecule has 5 rings (SSSR count). The first kappa shape index (κ1) is 25.0. The summed E-state index contributed by atoms with van der Waals surface area (Å²) >= 11 is 1.51. The average Bonchev–Trinajstić information content (AvgIpc) is 3.63. The number of ether oxygens (including phenoxy) is 1. The molecule has 2 aliphatic rings. The first-order valence-electron chi connectivity index (χ1n) is 12.6. The topological polar surface area (TPSA) is 95.9 Å². The highest BCUT2D eigenvalue weighted by molar-refractivity contribution is 7.10. The van der Waals surface area contributed by atoms with Gasteiger partial charge in [0.05, 0.1) is 11.6 Å². The van der Waals surface area contributed by atoms with Gasteiger partial charge in [0.2, 0.25) is 0 Å². The van der Waals surface area contributed by atoms with Crippen LogP contribution in [0.2, 0.25) is 0 Å². The molecule has 0 saturated carbocycles. The van der Waals surface area contributed by atoms with E-state index in [0.29, 0.717) is 24.5 Å². The lowest BCUT2D eigenvalue weighted by molar-refractivity contribution is -0.134. The molecular formula is C28H31N5O3S. The van der Waals surface area contributed by atoms with Crippen LogP contribution in [-0.4, -0.2) is 60.3 Å². The van der Waals surface area contributed by atoms with Gasteiger partial charge in [-0.15, -0.1) is 11.3 Å². The van der Waals surface area contributed by atoms with Crippen molar-refractivity contribution >= 4 is 34.7 Å². The normalized spacial score (nSPS) is 15.7. The standard InChI is InChI=1S/C28H31N5O3S/c1-18-6-7-23(14-19(18)2)36-16-25(34)33-12-8-20(9-13-33)28-32-24(17-37-28)27(35)31-22-5-3-4-21(15-22)26-29-10-11-30-26/h3-7,14-15,17,20H,8-13,16H2,1-2H3,(H,29,30)(H,31,35). The molecule has 9 heteroatoms. The molecule has 0 bridgehead atoms. The van der Waals surface area contributed by atoms with Crippen molar-refractivity contribution in [3.63, 3.8) is 0 Å². The van der Waals surface area contributed by atoms with Gasteiger partial charge in [-0.2, -0.15) is 0 Å². The third kappa shape index (κ3) is 5.99. The molecular weight excluding hydrogens is 486 g/mol. The van der Waals surface area contributed by atoms with Gasteiger partial charge in [-0.3, -0.25) is 14.6 Å². The molecule has 2 aliphatic heterocycles. The van der Waals surface area contributed by atoms with Crippen molar-refractivity contribution in [2.24, 2.45) is 4.99 Å². The number of piperidine rings is 1. The number of carbonyl (C=O) groups excluding carboxylic acids is 2. The number of hydrogen-bond acceptors (Lipinski definition) is 7. The summed E-state index contributed by atoms with van der Waals surface area (Å²) in [6, 6.07) is 13.5. The second-order valence-electron chi connectivity index (χ2n) is 9.45. The molecule has 8 nitrogen and oxygen atoms in total. The minimum absolute atomic E-state index is 0.00289. The Bertz CT molecular complexity index is 1330. The fourth-order valence-electron chi connectivity index (χ4n) is 4.53. The van der Waals surface area contributed by atoms with E-state index in [9.17, 15) is 9.59 Å². The third-order valence-electron chi connectivity index (χ3n) is 6.86. The zero-order valence-corrected chi connectivity index (χ0v) is 21.9. The van der Waals surface area contributed by atoms with Crippen LogP contribution in [0.5, 0.6) is 5.75 Å². The molecule has 37 heavy (non-hydrogen) atoms. The Hall–Kier alpha value is -3.72. The van der Waals surface area contributed by atoms with Crippen LogP contribution in [0.4, 0.5) is 5.69 Å². The van der Waals surface area contributed by atoms with E-state index in [0.717, 1.165) is 53.7 Å². The lowest BCUT2D eigenvalue weighted by Gasteiger charge is -2.31. The van der Waals surface area contributed by atoms with Gasteiger partial charge in [-0.05, 0) is 62.1 Å². The van der Waals surface area contributed by atoms with Crippen molar-refractivity contribution in [3.8, 4) is 5.75 Å². The summed E-state index contributed by atoms with van der Waals surface area (Å²) in [6.07, 6.45) is 1.64. The summed E-state index contributed by atoms with van der Waals surface area (Å²) in [6.45, 7) is 7.04. The molecule has 192 valence electrons. The van der Waals surface area contributed by atoms with Crippen LogP contribution >= 0.6 is 11.3 Å². The van der Waals surface area contributed by atoms with Gasteiger partial charge >= 0.3 is 0 Å². The molecule has 0 unspecified atom stereocenters. The van der Waals surface area contributed by atoms with Gasteiger partial charge in [-0.25, -0.2) is 4.98 Å². The zero-order chi connectivity index (χ0) is 25.8. The summed E-state index contributed by atoms with van der Waals surface area (Å²) in [5.74, 6) is 1.59. The fraction of sp³-hybridized carbons (Fsp3) is 0.357. The summed E-state index contributed by atoms with van der Waals surface area (Å²) in [5.41, 5.74) is 4.43. The van der Waals surface area contributed by atoms with Gasteiger partial charge in [0.1, 0.15) is 17.3 Å². The predicted octanol–water partition coefficient (Wildman–Crippen LogP) is 4.15. The molecule has 0 radical (unpaired) electrons. The van der Waals surface area contributed by atoms with Crippen LogP contribution in [0.25, 0.3) is 0 Å². The number of thiazole rings is 1. The Morgan fingerprint density at radius 2 is 1.97 bits per heavy atom. The Balaban J connectivity index is 1.12. The van der Waals surface area contributed by atoms with E-state index in [-0.39, 0.29) is 24.3 Å². The number of aryl methyl sites for hydroxylation is 2. The molecule has 1 saturated heterocycles. The van der Waals surface area contributed by atoms with Gasteiger partial charge in [0, 0.05) is 42.2 Å². The highest BCUT2D eigenvalue weighted by atomic mass is 32.1. The van der Waals surface area contributed by atoms with Crippen molar-refractivity contribution in [1.82, 2.24) is 15.2 Å². The van der Waals surface area contributed by atoms with E-state index in [1.807, 2.05) is 59.7 Å². The second-order valence-corrected chi connectivity index (χ2v) is 10.3. The number of aliphatic imine (C=N–C) groups is 1. The number of aromatic nitrogens is 1. The molecule has 0 spiro atoms. The Morgan fingerprint density at radius 3 is 2.73 bits per heavy atom. The number of anilines is 1. The van der Waals surface area contributed by atoms with Gasteiger partial charge in [-0.1, -0.05) is 18.2 Å². The fourth-order valence-corrected chi connectivity index (χ4v) is 5.50. The lowest BCUT2D eigenvalue weighted by Crippen LogP contribution is -2.40. The lowest BCUT2D eigenvalue weighted by atomic mass is 9.97. The monoisotopic (exact) mass is 517 g/mol. The molecule has 3 heterocycles. The summed E-state index contributed by atoms with van der Waals surface area (Å²) in [7, 11) is 0. The minimum Gasteiger partial charge on any atom is -0.484 e. The van der Waals surface area contributed by atoms with Crippen LogP contribution in [-0.2, 0) is 4.79 Å². The third-order valence-corrected chi connectivity index (χ3v) is 7.87. The van der Waals surface area contributed by atoms with E-state index < -0.39 is 0 Å². The Labute approximate surface area is 220 Å². The van der Waals surface area contributed by atoms with Crippen molar-refractivity contribution in [3.05, 3.63) is 75.2 Å². The van der Waals surface area contributed by atoms with Crippen LogP contribution < -0.4 is 15.4 Å². The van der Waals surface area contributed by atoms with Crippen LogP contribution in [0, 0.1) is 13.8 Å². The summed E-state index contributed by atoms with van der Waals surface area (Å²) in [5, 5.41) is 8.96. The maximum absolute atomic E-state index is 12.8. The number of benzene rings is 2. The molecule has 2 aromatic carbocycles. The first-order chi connectivity index (χ1) is 18.0. The van der Waals surface area contributed by atoms with Gasteiger partial charge < -0.3 is 20.3 Å². The van der Waals surface area contributed by atoms with Crippen molar-refractivity contribution < 1.29 is 14.3 Å². The molecule has 3 aromatic rings. The largest absolute Gasteiger partial charge is 0.484 e. The molecule has 0 atom stereocenters. The minimum atomic E-state index is -0.225. The molecule has 1 aromatic heterocycles. The number of rotatable bonds is 7. The highest BCUT2D eigenvalue weighted by Crippen LogP contribution is 2.30. The van der Waals surface area contributed by atoms with Crippen LogP contribution in [0.3, 0.4) is 0 Å². The maximum Gasteiger partial charge on any atom is 0.275 e. The van der Waals surface area contributed by atoms with Crippen molar-refractivity contribution in [2.75, 3.05) is 38.1 Å². The summed E-state index contributed by atoms with van der Waals surface area (Å²) < 4.78 is 5.73. The van der Waals surface area contributed by atoms with Crippen molar-refractivity contribution in [1.29, 1.82) is 0 Å².